The molecule has 0 radical (unpaired) electrons. The molecule has 1 fully saturated rings. The lowest BCUT2D eigenvalue weighted by molar-refractivity contribution is 0.380. The average molecular weight is 194 g/mol. The molecule has 2 rings (SSSR count). The second-order valence-electron chi connectivity index (χ2n) is 4.27. The minimum atomic E-state index is 0.349. The van der Waals surface area contributed by atoms with Gasteiger partial charge in [-0.05, 0) is 19.3 Å². The minimum absolute atomic E-state index is 0.349. The molecule has 78 valence electrons. The summed E-state index contributed by atoms with van der Waals surface area (Å²) in [6.45, 7) is 6.24. The fourth-order valence-electron chi connectivity index (χ4n) is 1.92. The molecule has 2 unspecified atom stereocenters. The molecule has 0 amide bonds. The van der Waals surface area contributed by atoms with Crippen LogP contribution in [0.15, 0.2) is 6.20 Å². The zero-order valence-electron chi connectivity index (χ0n) is 8.83. The molecule has 1 aliphatic heterocycles. The third kappa shape index (κ3) is 1.75. The molecule has 0 aromatic carbocycles. The Bertz CT molecular complexity index is 307. The van der Waals surface area contributed by atoms with Crippen LogP contribution in [0.3, 0.4) is 0 Å². The summed E-state index contributed by atoms with van der Waals surface area (Å²) < 4.78 is 0. The summed E-state index contributed by atoms with van der Waals surface area (Å²) in [5.41, 5.74) is 7.08. The number of anilines is 1. The number of aromatic amines is 1. The van der Waals surface area contributed by atoms with Gasteiger partial charge in [-0.2, -0.15) is 0 Å². The van der Waals surface area contributed by atoms with Crippen LogP contribution in [0.4, 0.5) is 5.95 Å². The molecule has 0 bridgehead atoms. The number of aromatic nitrogens is 2. The van der Waals surface area contributed by atoms with Gasteiger partial charge >= 0.3 is 0 Å². The van der Waals surface area contributed by atoms with E-state index in [1.165, 1.54) is 0 Å². The number of nitrogens with zero attached hydrogens (tertiary/aromatic N) is 2. The maximum absolute atomic E-state index is 5.97. The van der Waals surface area contributed by atoms with Gasteiger partial charge in [-0.3, -0.25) is 0 Å². The Morgan fingerprint density at radius 3 is 3.00 bits per heavy atom. The van der Waals surface area contributed by atoms with E-state index in [-0.39, 0.29) is 0 Å². The van der Waals surface area contributed by atoms with Crippen LogP contribution >= 0.6 is 0 Å². The zero-order chi connectivity index (χ0) is 10.1. The molecule has 14 heavy (non-hydrogen) atoms. The normalized spacial score (nSPS) is 28.1. The topological polar surface area (TPSA) is 57.9 Å². The lowest BCUT2D eigenvalue weighted by Gasteiger charge is -2.34. The average Bonchev–Trinajstić information content (AvgIpc) is 2.57. The molecule has 0 aliphatic carbocycles. The van der Waals surface area contributed by atoms with Gasteiger partial charge in [-0.1, -0.05) is 6.92 Å². The molecular formula is C10H18N4. The molecule has 2 atom stereocenters. The Morgan fingerprint density at radius 1 is 1.64 bits per heavy atom. The third-order valence-electron chi connectivity index (χ3n) is 2.96. The number of hydrogen-bond donors (Lipinski definition) is 2. The van der Waals surface area contributed by atoms with Gasteiger partial charge < -0.3 is 15.6 Å². The van der Waals surface area contributed by atoms with Crippen LogP contribution in [0.25, 0.3) is 0 Å². The van der Waals surface area contributed by atoms with Crippen molar-refractivity contribution in [2.45, 2.75) is 26.3 Å². The summed E-state index contributed by atoms with van der Waals surface area (Å²) in [6.07, 6.45) is 2.93. The number of imidazole rings is 1. The van der Waals surface area contributed by atoms with Crippen molar-refractivity contribution >= 4 is 5.95 Å². The molecule has 0 spiro atoms. The van der Waals surface area contributed by atoms with Crippen molar-refractivity contribution in [2.24, 2.45) is 11.7 Å². The number of piperidine rings is 1. The number of H-pyrrole nitrogens is 1. The highest BCUT2D eigenvalue weighted by atomic mass is 15.3. The van der Waals surface area contributed by atoms with Gasteiger partial charge in [0.2, 0.25) is 5.95 Å². The molecule has 4 nitrogen and oxygen atoms in total. The summed E-state index contributed by atoms with van der Waals surface area (Å²) in [7, 11) is 0. The van der Waals surface area contributed by atoms with Gasteiger partial charge in [0.1, 0.15) is 0 Å². The molecule has 1 saturated heterocycles. The predicted octanol–water partition coefficient (Wildman–Crippen LogP) is 0.892. The maximum Gasteiger partial charge on any atom is 0.202 e. The minimum Gasteiger partial charge on any atom is -0.342 e. The fourth-order valence-corrected chi connectivity index (χ4v) is 1.92. The molecule has 2 heterocycles. The first-order valence-corrected chi connectivity index (χ1v) is 5.19. The number of nitrogens with one attached hydrogen (secondary N) is 1. The van der Waals surface area contributed by atoms with Crippen molar-refractivity contribution in [2.75, 3.05) is 18.0 Å². The van der Waals surface area contributed by atoms with E-state index in [2.05, 4.69) is 21.8 Å². The van der Waals surface area contributed by atoms with Crippen LogP contribution in [0, 0.1) is 12.8 Å². The summed E-state index contributed by atoms with van der Waals surface area (Å²) >= 11 is 0. The maximum atomic E-state index is 5.97. The summed E-state index contributed by atoms with van der Waals surface area (Å²) in [4.78, 5) is 9.86. The molecule has 0 saturated carbocycles. The van der Waals surface area contributed by atoms with Crippen LogP contribution in [-0.4, -0.2) is 29.1 Å². The quantitative estimate of drug-likeness (QED) is 0.698. The van der Waals surface area contributed by atoms with E-state index < -0.39 is 0 Å². The summed E-state index contributed by atoms with van der Waals surface area (Å²) in [6, 6.07) is 0.349. The second kappa shape index (κ2) is 3.61. The van der Waals surface area contributed by atoms with Crippen molar-refractivity contribution in [3.8, 4) is 0 Å². The number of rotatable bonds is 1. The van der Waals surface area contributed by atoms with E-state index in [0.717, 1.165) is 31.2 Å². The lowest BCUT2D eigenvalue weighted by Crippen LogP contribution is -2.46. The summed E-state index contributed by atoms with van der Waals surface area (Å²) in [5.74, 6) is 1.54. The van der Waals surface area contributed by atoms with Crippen molar-refractivity contribution < 1.29 is 0 Å². The van der Waals surface area contributed by atoms with E-state index in [0.29, 0.717) is 12.0 Å². The van der Waals surface area contributed by atoms with Crippen molar-refractivity contribution in [1.82, 2.24) is 9.97 Å². The van der Waals surface area contributed by atoms with Crippen molar-refractivity contribution in [3.63, 3.8) is 0 Å². The number of nitrogens with two attached hydrogens (primary N) is 1. The molecule has 1 aliphatic rings. The smallest absolute Gasteiger partial charge is 0.202 e. The first-order valence-electron chi connectivity index (χ1n) is 5.19. The van der Waals surface area contributed by atoms with Crippen LogP contribution in [0.5, 0.6) is 0 Å². The Hall–Kier alpha value is -1.03. The highest BCUT2D eigenvalue weighted by molar-refractivity contribution is 5.32. The Labute approximate surface area is 84.5 Å². The number of aryl methyl sites for hydroxylation is 1. The molecule has 3 N–H and O–H groups in total. The van der Waals surface area contributed by atoms with E-state index in [1.807, 2.05) is 13.1 Å². The highest BCUT2D eigenvalue weighted by Gasteiger charge is 2.24. The summed E-state index contributed by atoms with van der Waals surface area (Å²) in [5, 5.41) is 0. The fraction of sp³-hybridized carbons (Fsp3) is 0.700. The largest absolute Gasteiger partial charge is 0.342 e. The Morgan fingerprint density at radius 2 is 2.43 bits per heavy atom. The van der Waals surface area contributed by atoms with Crippen molar-refractivity contribution in [3.05, 3.63) is 11.9 Å². The first-order chi connectivity index (χ1) is 6.66. The van der Waals surface area contributed by atoms with Crippen LogP contribution < -0.4 is 10.6 Å². The highest BCUT2D eigenvalue weighted by Crippen LogP contribution is 2.19. The number of hydrogen-bond acceptors (Lipinski definition) is 3. The zero-order valence-corrected chi connectivity index (χ0v) is 8.83. The SMILES string of the molecule is Cc1cnc(N2CCC(N)C(C)C2)[nH]1. The van der Waals surface area contributed by atoms with E-state index in [1.54, 1.807) is 0 Å². The van der Waals surface area contributed by atoms with Gasteiger partial charge in [0.15, 0.2) is 0 Å². The van der Waals surface area contributed by atoms with E-state index in [9.17, 15) is 0 Å². The molecular weight excluding hydrogens is 176 g/mol. The van der Waals surface area contributed by atoms with Gasteiger partial charge in [-0.25, -0.2) is 4.98 Å². The van der Waals surface area contributed by atoms with Gasteiger partial charge in [0.25, 0.3) is 0 Å². The molecule has 4 heteroatoms. The molecule has 1 aromatic rings. The second-order valence-corrected chi connectivity index (χ2v) is 4.27. The Balaban J connectivity index is 2.06. The van der Waals surface area contributed by atoms with Gasteiger partial charge in [-0.15, -0.1) is 0 Å². The van der Waals surface area contributed by atoms with Crippen LogP contribution in [0.2, 0.25) is 0 Å². The molecule has 1 aromatic heterocycles. The van der Waals surface area contributed by atoms with Crippen LogP contribution in [-0.2, 0) is 0 Å². The van der Waals surface area contributed by atoms with E-state index in [4.69, 9.17) is 5.73 Å². The standard InChI is InChI=1S/C10H18N4/c1-7-6-14(4-3-9(7)11)10-12-5-8(2)13-10/h5,7,9H,3-4,6,11H2,1-2H3,(H,12,13). The monoisotopic (exact) mass is 194 g/mol. The third-order valence-corrected chi connectivity index (χ3v) is 2.96. The van der Waals surface area contributed by atoms with Gasteiger partial charge in [0.05, 0.1) is 0 Å². The van der Waals surface area contributed by atoms with Crippen molar-refractivity contribution in [1.29, 1.82) is 0 Å². The predicted molar refractivity (Wildman–Crippen MR) is 57.3 cm³/mol. The van der Waals surface area contributed by atoms with Gasteiger partial charge in [0, 0.05) is 31.0 Å². The Kier molecular flexibility index (Phi) is 2.46. The first kappa shape index (κ1) is 9.52. The van der Waals surface area contributed by atoms with E-state index >= 15 is 0 Å². The lowest BCUT2D eigenvalue weighted by atomic mass is 9.95. The van der Waals surface area contributed by atoms with Crippen LogP contribution in [0.1, 0.15) is 19.0 Å².